The SMILES string of the molecule is C=CCOC(=O)[C@@H](C)OC(=O)O[C@H](C)C(=O)OCC=C. The Bertz CT molecular complexity index is 341. The van der Waals surface area contributed by atoms with E-state index in [0.717, 1.165) is 0 Å². The molecule has 0 aliphatic carbocycles. The fraction of sp³-hybridized carbons (Fsp3) is 0.462. The second-order valence-corrected chi connectivity index (χ2v) is 3.61. The summed E-state index contributed by atoms with van der Waals surface area (Å²) in [6, 6.07) is 0. The Morgan fingerprint density at radius 1 is 0.900 bits per heavy atom. The van der Waals surface area contributed by atoms with E-state index in [2.05, 4.69) is 32.1 Å². The molecule has 0 aliphatic rings. The minimum atomic E-state index is -1.17. The molecule has 0 unspecified atom stereocenters. The van der Waals surface area contributed by atoms with Gasteiger partial charge in [-0.25, -0.2) is 14.4 Å². The largest absolute Gasteiger partial charge is 0.509 e. The normalized spacial score (nSPS) is 12.5. The van der Waals surface area contributed by atoms with E-state index >= 15 is 0 Å². The first-order chi connectivity index (χ1) is 9.42. The van der Waals surface area contributed by atoms with Crippen LogP contribution in [0.25, 0.3) is 0 Å². The number of ether oxygens (including phenoxy) is 4. The third-order valence-corrected chi connectivity index (χ3v) is 1.90. The summed E-state index contributed by atoms with van der Waals surface area (Å²) in [5, 5.41) is 0. The van der Waals surface area contributed by atoms with Gasteiger partial charge in [-0.3, -0.25) is 0 Å². The van der Waals surface area contributed by atoms with Gasteiger partial charge in [0.25, 0.3) is 0 Å². The zero-order valence-electron chi connectivity index (χ0n) is 11.5. The van der Waals surface area contributed by atoms with Crippen molar-refractivity contribution in [1.29, 1.82) is 0 Å². The van der Waals surface area contributed by atoms with Crippen molar-refractivity contribution in [3.63, 3.8) is 0 Å². The van der Waals surface area contributed by atoms with Crippen molar-refractivity contribution in [1.82, 2.24) is 0 Å². The molecule has 0 aliphatic heterocycles. The predicted molar refractivity (Wildman–Crippen MR) is 68.8 cm³/mol. The Hall–Kier alpha value is -2.31. The molecule has 0 radical (unpaired) electrons. The third kappa shape index (κ3) is 7.20. The van der Waals surface area contributed by atoms with Crippen molar-refractivity contribution in [2.75, 3.05) is 13.2 Å². The van der Waals surface area contributed by atoms with Gasteiger partial charge in [0.15, 0.2) is 12.2 Å². The standard InChI is InChI=1S/C13H18O7/c1-5-7-17-11(14)9(3)19-13(16)20-10(4)12(15)18-8-6-2/h5-6,9-10H,1-2,7-8H2,3-4H3/t9-,10-/m1/s1. The van der Waals surface area contributed by atoms with Crippen LogP contribution in [-0.2, 0) is 28.5 Å². The van der Waals surface area contributed by atoms with E-state index in [-0.39, 0.29) is 13.2 Å². The summed E-state index contributed by atoms with van der Waals surface area (Å²) in [6.45, 7) is 9.37. The lowest BCUT2D eigenvalue weighted by Crippen LogP contribution is -2.31. The van der Waals surface area contributed by atoms with E-state index in [1.165, 1.54) is 26.0 Å². The maximum atomic E-state index is 11.3. The van der Waals surface area contributed by atoms with E-state index in [4.69, 9.17) is 0 Å². The Kier molecular flexibility index (Phi) is 8.49. The van der Waals surface area contributed by atoms with Crippen LogP contribution in [0, 0.1) is 0 Å². The molecule has 0 aromatic rings. The molecule has 7 heteroatoms. The van der Waals surface area contributed by atoms with Crippen molar-refractivity contribution in [3.8, 4) is 0 Å². The summed E-state index contributed by atoms with van der Waals surface area (Å²) in [5.74, 6) is -1.49. The highest BCUT2D eigenvalue weighted by atomic mass is 16.7. The minimum absolute atomic E-state index is 0.00582. The van der Waals surface area contributed by atoms with Gasteiger partial charge in [0.1, 0.15) is 13.2 Å². The zero-order chi connectivity index (χ0) is 15.5. The first-order valence-electron chi connectivity index (χ1n) is 5.84. The first kappa shape index (κ1) is 17.7. The fourth-order valence-corrected chi connectivity index (χ4v) is 0.930. The average Bonchev–Trinajstić information content (AvgIpc) is 2.41. The molecular weight excluding hydrogens is 268 g/mol. The van der Waals surface area contributed by atoms with E-state index in [1.807, 2.05) is 0 Å². The molecule has 0 saturated heterocycles. The number of carbonyl (C=O) groups is 3. The summed E-state index contributed by atoms with van der Waals surface area (Å²) >= 11 is 0. The van der Waals surface area contributed by atoms with Crippen molar-refractivity contribution >= 4 is 18.1 Å². The van der Waals surface area contributed by atoms with Crippen LogP contribution in [0.4, 0.5) is 4.79 Å². The molecule has 112 valence electrons. The van der Waals surface area contributed by atoms with Crippen molar-refractivity contribution < 1.29 is 33.3 Å². The molecule has 0 amide bonds. The van der Waals surface area contributed by atoms with E-state index in [1.54, 1.807) is 0 Å². The molecule has 0 spiro atoms. The molecule has 20 heavy (non-hydrogen) atoms. The molecule has 7 nitrogen and oxygen atoms in total. The lowest BCUT2D eigenvalue weighted by atomic mass is 10.4. The highest BCUT2D eigenvalue weighted by Crippen LogP contribution is 2.02. The molecule has 0 N–H and O–H groups in total. The Morgan fingerprint density at radius 2 is 1.25 bits per heavy atom. The van der Waals surface area contributed by atoms with Gasteiger partial charge in [-0.15, -0.1) is 0 Å². The van der Waals surface area contributed by atoms with Crippen molar-refractivity contribution in [3.05, 3.63) is 25.3 Å². The zero-order valence-corrected chi connectivity index (χ0v) is 11.5. The summed E-state index contributed by atoms with van der Waals surface area (Å²) in [5.41, 5.74) is 0. The smallest absolute Gasteiger partial charge is 0.459 e. The number of hydrogen-bond acceptors (Lipinski definition) is 7. The van der Waals surface area contributed by atoms with Gasteiger partial charge >= 0.3 is 18.1 Å². The predicted octanol–water partition coefficient (Wildman–Crippen LogP) is 1.38. The summed E-state index contributed by atoms with van der Waals surface area (Å²) in [4.78, 5) is 33.9. The topological polar surface area (TPSA) is 88.1 Å². The summed E-state index contributed by atoms with van der Waals surface area (Å²) in [7, 11) is 0. The Labute approximate surface area is 117 Å². The van der Waals surface area contributed by atoms with Crippen LogP contribution in [0.15, 0.2) is 25.3 Å². The molecule has 2 atom stereocenters. The van der Waals surface area contributed by atoms with Gasteiger partial charge in [-0.05, 0) is 13.8 Å². The van der Waals surface area contributed by atoms with Gasteiger partial charge in [0.05, 0.1) is 0 Å². The van der Waals surface area contributed by atoms with Gasteiger partial charge in [-0.1, -0.05) is 25.3 Å². The van der Waals surface area contributed by atoms with Crippen LogP contribution in [0.3, 0.4) is 0 Å². The lowest BCUT2D eigenvalue weighted by molar-refractivity contribution is -0.156. The Balaban J connectivity index is 4.14. The number of esters is 2. The average molecular weight is 286 g/mol. The monoisotopic (exact) mass is 286 g/mol. The maximum Gasteiger partial charge on any atom is 0.509 e. The van der Waals surface area contributed by atoms with Gasteiger partial charge in [0, 0.05) is 0 Å². The van der Waals surface area contributed by atoms with E-state index < -0.39 is 30.3 Å². The number of rotatable bonds is 8. The first-order valence-corrected chi connectivity index (χ1v) is 5.84. The van der Waals surface area contributed by atoms with Gasteiger partial charge < -0.3 is 18.9 Å². The maximum absolute atomic E-state index is 11.3. The lowest BCUT2D eigenvalue weighted by Gasteiger charge is -2.14. The van der Waals surface area contributed by atoms with E-state index in [0.29, 0.717) is 0 Å². The molecule has 0 heterocycles. The fourth-order valence-electron chi connectivity index (χ4n) is 0.930. The quantitative estimate of drug-likeness (QED) is 0.378. The minimum Gasteiger partial charge on any atom is -0.459 e. The Morgan fingerprint density at radius 3 is 1.55 bits per heavy atom. The molecule has 0 fully saturated rings. The van der Waals surface area contributed by atoms with Gasteiger partial charge in [0.2, 0.25) is 0 Å². The van der Waals surface area contributed by atoms with Crippen LogP contribution in [0.5, 0.6) is 0 Å². The third-order valence-electron chi connectivity index (χ3n) is 1.90. The highest BCUT2D eigenvalue weighted by Gasteiger charge is 2.24. The molecule has 0 aromatic carbocycles. The summed E-state index contributed by atoms with van der Waals surface area (Å²) < 4.78 is 18.6. The van der Waals surface area contributed by atoms with Crippen LogP contribution >= 0.6 is 0 Å². The molecule has 0 bridgehead atoms. The molecule has 0 aromatic heterocycles. The number of hydrogen-bond donors (Lipinski definition) is 0. The second kappa shape index (κ2) is 9.60. The van der Waals surface area contributed by atoms with Crippen molar-refractivity contribution in [2.24, 2.45) is 0 Å². The highest BCUT2D eigenvalue weighted by molar-refractivity contribution is 5.79. The molecule has 0 rings (SSSR count). The number of carbonyl (C=O) groups excluding carboxylic acids is 3. The van der Waals surface area contributed by atoms with Crippen LogP contribution in [0.1, 0.15) is 13.8 Å². The molecule has 0 saturated carbocycles. The van der Waals surface area contributed by atoms with Crippen LogP contribution in [-0.4, -0.2) is 43.5 Å². The molecular formula is C13H18O7. The van der Waals surface area contributed by atoms with Crippen molar-refractivity contribution in [2.45, 2.75) is 26.1 Å². The summed E-state index contributed by atoms with van der Waals surface area (Å²) in [6.07, 6.45) is -0.727. The van der Waals surface area contributed by atoms with Gasteiger partial charge in [-0.2, -0.15) is 0 Å². The van der Waals surface area contributed by atoms with Crippen LogP contribution in [0.2, 0.25) is 0 Å². The van der Waals surface area contributed by atoms with E-state index in [9.17, 15) is 14.4 Å². The second-order valence-electron chi connectivity index (χ2n) is 3.61. The van der Waals surface area contributed by atoms with Crippen LogP contribution < -0.4 is 0 Å².